The fourth-order valence-corrected chi connectivity index (χ4v) is 2.79. The normalized spacial score (nSPS) is 11.4. The van der Waals surface area contributed by atoms with E-state index in [1.165, 1.54) is 14.2 Å². The Bertz CT molecular complexity index is 951. The SMILES string of the molecule is COc1ccc(C(=O)O[C@H](C(=O)c2ccccc2)c2ccccc2)c(OC)c1. The minimum atomic E-state index is -1.07. The first-order valence-corrected chi connectivity index (χ1v) is 8.71. The Labute approximate surface area is 163 Å². The number of hydrogen-bond acceptors (Lipinski definition) is 5. The van der Waals surface area contributed by atoms with Crippen LogP contribution in [0, 0.1) is 0 Å². The zero-order chi connectivity index (χ0) is 19.9. The van der Waals surface area contributed by atoms with E-state index >= 15 is 0 Å². The van der Waals surface area contributed by atoms with Crippen molar-refractivity contribution >= 4 is 11.8 Å². The largest absolute Gasteiger partial charge is 0.497 e. The summed E-state index contributed by atoms with van der Waals surface area (Å²) in [5.41, 5.74) is 1.27. The summed E-state index contributed by atoms with van der Waals surface area (Å²) in [7, 11) is 2.98. The molecule has 0 saturated carbocycles. The molecular weight excluding hydrogens is 356 g/mol. The molecule has 0 saturated heterocycles. The van der Waals surface area contributed by atoms with Crippen LogP contribution in [0.25, 0.3) is 0 Å². The summed E-state index contributed by atoms with van der Waals surface area (Å²) in [6.45, 7) is 0. The molecule has 0 N–H and O–H groups in total. The lowest BCUT2D eigenvalue weighted by atomic mass is 9.99. The number of carbonyl (C=O) groups excluding carboxylic acids is 2. The summed E-state index contributed by atoms with van der Waals surface area (Å²) in [6.07, 6.45) is -1.07. The summed E-state index contributed by atoms with van der Waals surface area (Å²) in [5, 5.41) is 0. The van der Waals surface area contributed by atoms with Crippen LogP contribution in [0.3, 0.4) is 0 Å². The van der Waals surface area contributed by atoms with Crippen molar-refractivity contribution in [3.05, 3.63) is 95.6 Å². The van der Waals surface area contributed by atoms with Crippen molar-refractivity contribution in [1.82, 2.24) is 0 Å². The third-order valence-corrected chi connectivity index (χ3v) is 4.25. The van der Waals surface area contributed by atoms with E-state index < -0.39 is 12.1 Å². The Morgan fingerprint density at radius 3 is 2.04 bits per heavy atom. The molecule has 0 fully saturated rings. The van der Waals surface area contributed by atoms with E-state index in [-0.39, 0.29) is 11.3 Å². The Kier molecular flexibility index (Phi) is 6.07. The second-order valence-electron chi connectivity index (χ2n) is 5.99. The molecule has 0 heterocycles. The van der Waals surface area contributed by atoms with Crippen molar-refractivity contribution in [2.75, 3.05) is 14.2 Å². The van der Waals surface area contributed by atoms with Gasteiger partial charge in [-0.25, -0.2) is 4.79 Å². The molecule has 0 aliphatic rings. The van der Waals surface area contributed by atoms with Crippen molar-refractivity contribution in [2.45, 2.75) is 6.10 Å². The van der Waals surface area contributed by atoms with Crippen LogP contribution >= 0.6 is 0 Å². The van der Waals surface area contributed by atoms with Crippen LogP contribution < -0.4 is 9.47 Å². The topological polar surface area (TPSA) is 61.8 Å². The Balaban J connectivity index is 1.94. The summed E-state index contributed by atoms with van der Waals surface area (Å²) in [5.74, 6) is -0.0954. The van der Waals surface area contributed by atoms with Gasteiger partial charge in [-0.1, -0.05) is 60.7 Å². The molecule has 3 aromatic carbocycles. The molecule has 28 heavy (non-hydrogen) atoms. The van der Waals surface area contributed by atoms with E-state index in [1.807, 2.05) is 12.1 Å². The molecule has 3 aromatic rings. The van der Waals surface area contributed by atoms with Crippen LogP contribution in [-0.4, -0.2) is 26.0 Å². The van der Waals surface area contributed by atoms with Gasteiger partial charge < -0.3 is 14.2 Å². The lowest BCUT2D eigenvalue weighted by molar-refractivity contribution is 0.0277. The van der Waals surface area contributed by atoms with Crippen molar-refractivity contribution in [3.8, 4) is 11.5 Å². The molecule has 0 unspecified atom stereocenters. The molecule has 0 spiro atoms. The molecular formula is C23H20O5. The Morgan fingerprint density at radius 2 is 1.43 bits per heavy atom. The summed E-state index contributed by atoms with van der Waals surface area (Å²) < 4.78 is 16.1. The quantitative estimate of drug-likeness (QED) is 0.449. The first-order chi connectivity index (χ1) is 13.6. The third kappa shape index (κ3) is 4.20. The van der Waals surface area contributed by atoms with Crippen LogP contribution in [0.2, 0.25) is 0 Å². The molecule has 5 nitrogen and oxygen atoms in total. The fourth-order valence-electron chi connectivity index (χ4n) is 2.79. The number of carbonyl (C=O) groups is 2. The predicted molar refractivity (Wildman–Crippen MR) is 105 cm³/mol. The molecule has 5 heteroatoms. The molecule has 0 amide bonds. The molecule has 0 bridgehead atoms. The van der Waals surface area contributed by atoms with Crippen LogP contribution in [0.1, 0.15) is 32.4 Å². The molecule has 142 valence electrons. The van der Waals surface area contributed by atoms with Gasteiger partial charge in [-0.15, -0.1) is 0 Å². The van der Waals surface area contributed by atoms with Crippen LogP contribution in [0.15, 0.2) is 78.9 Å². The van der Waals surface area contributed by atoms with Crippen LogP contribution in [0.4, 0.5) is 0 Å². The van der Waals surface area contributed by atoms with Gasteiger partial charge in [0.2, 0.25) is 5.78 Å². The zero-order valence-corrected chi connectivity index (χ0v) is 15.6. The van der Waals surface area contributed by atoms with Gasteiger partial charge in [0, 0.05) is 17.2 Å². The van der Waals surface area contributed by atoms with Crippen LogP contribution in [-0.2, 0) is 4.74 Å². The van der Waals surface area contributed by atoms with Crippen molar-refractivity contribution in [2.24, 2.45) is 0 Å². The van der Waals surface area contributed by atoms with Gasteiger partial charge >= 0.3 is 5.97 Å². The number of methoxy groups -OCH3 is 2. The van der Waals surface area contributed by atoms with Gasteiger partial charge in [-0.3, -0.25) is 4.79 Å². The summed E-state index contributed by atoms with van der Waals surface area (Å²) in [4.78, 5) is 25.9. The number of rotatable bonds is 7. The van der Waals surface area contributed by atoms with Crippen molar-refractivity contribution in [1.29, 1.82) is 0 Å². The maximum absolute atomic E-state index is 13.0. The lowest BCUT2D eigenvalue weighted by Crippen LogP contribution is -2.20. The highest BCUT2D eigenvalue weighted by Crippen LogP contribution is 2.29. The van der Waals surface area contributed by atoms with Gasteiger partial charge in [0.25, 0.3) is 0 Å². The Morgan fingerprint density at radius 1 is 0.786 bits per heavy atom. The van der Waals surface area contributed by atoms with E-state index in [1.54, 1.807) is 66.7 Å². The zero-order valence-electron chi connectivity index (χ0n) is 15.6. The molecule has 3 rings (SSSR count). The average Bonchev–Trinajstić information content (AvgIpc) is 2.77. The van der Waals surface area contributed by atoms with E-state index in [4.69, 9.17) is 14.2 Å². The predicted octanol–water partition coefficient (Wildman–Crippen LogP) is 4.48. The summed E-state index contributed by atoms with van der Waals surface area (Å²) in [6, 6.07) is 22.5. The highest BCUT2D eigenvalue weighted by Gasteiger charge is 2.28. The number of ether oxygens (including phenoxy) is 3. The maximum atomic E-state index is 13.0. The number of ketones is 1. The molecule has 1 atom stereocenters. The van der Waals surface area contributed by atoms with E-state index in [0.29, 0.717) is 22.6 Å². The fraction of sp³-hybridized carbons (Fsp3) is 0.130. The second-order valence-corrected chi connectivity index (χ2v) is 5.99. The first kappa shape index (κ1) is 19.2. The lowest BCUT2D eigenvalue weighted by Gasteiger charge is -2.18. The van der Waals surface area contributed by atoms with Crippen molar-refractivity contribution in [3.63, 3.8) is 0 Å². The van der Waals surface area contributed by atoms with Gasteiger partial charge in [0.15, 0.2) is 6.10 Å². The number of esters is 1. The van der Waals surface area contributed by atoms with Gasteiger partial charge in [-0.05, 0) is 12.1 Å². The van der Waals surface area contributed by atoms with Gasteiger partial charge in [0.05, 0.1) is 14.2 Å². The Hall–Kier alpha value is -3.60. The number of benzene rings is 3. The van der Waals surface area contributed by atoms with Gasteiger partial charge in [-0.2, -0.15) is 0 Å². The number of Topliss-reactive ketones (excluding diaryl/α,β-unsaturated/α-hetero) is 1. The minimum absolute atomic E-state index is 0.213. The first-order valence-electron chi connectivity index (χ1n) is 8.71. The summed E-state index contributed by atoms with van der Waals surface area (Å²) >= 11 is 0. The number of hydrogen-bond donors (Lipinski definition) is 0. The second kappa shape index (κ2) is 8.86. The van der Waals surface area contributed by atoms with E-state index in [0.717, 1.165) is 0 Å². The standard InChI is InChI=1S/C23H20O5/c1-26-18-13-14-19(20(15-18)27-2)23(25)28-22(17-11-7-4-8-12-17)21(24)16-9-5-3-6-10-16/h3-15,22H,1-2H3/t22-/m0/s1. The van der Waals surface area contributed by atoms with Crippen LogP contribution in [0.5, 0.6) is 11.5 Å². The molecule has 0 radical (unpaired) electrons. The van der Waals surface area contributed by atoms with E-state index in [9.17, 15) is 9.59 Å². The van der Waals surface area contributed by atoms with Gasteiger partial charge in [0.1, 0.15) is 17.1 Å². The van der Waals surface area contributed by atoms with Crippen molar-refractivity contribution < 1.29 is 23.8 Å². The molecule has 0 aromatic heterocycles. The molecule has 0 aliphatic carbocycles. The maximum Gasteiger partial charge on any atom is 0.342 e. The average molecular weight is 376 g/mol. The smallest absolute Gasteiger partial charge is 0.342 e. The highest BCUT2D eigenvalue weighted by atomic mass is 16.5. The third-order valence-electron chi connectivity index (χ3n) is 4.25. The molecule has 0 aliphatic heterocycles. The minimum Gasteiger partial charge on any atom is -0.497 e. The monoisotopic (exact) mass is 376 g/mol. The van der Waals surface area contributed by atoms with E-state index in [2.05, 4.69) is 0 Å². The highest BCUT2D eigenvalue weighted by molar-refractivity contribution is 6.02.